The number of nitrogens with zero attached hydrogens (tertiary/aromatic N) is 1. The molecular weight excluding hydrogens is 341 g/mol. The van der Waals surface area contributed by atoms with Crippen molar-refractivity contribution in [2.75, 3.05) is 5.32 Å². The minimum atomic E-state index is -0.280. The van der Waals surface area contributed by atoms with Crippen molar-refractivity contribution in [2.45, 2.75) is 19.9 Å². The molecule has 0 amide bonds. The summed E-state index contributed by atoms with van der Waals surface area (Å²) in [6, 6.07) is 13.5. The van der Waals surface area contributed by atoms with Crippen LogP contribution in [0.15, 0.2) is 53.3 Å². The van der Waals surface area contributed by atoms with Crippen LogP contribution in [0.1, 0.15) is 22.4 Å². The lowest BCUT2D eigenvalue weighted by Crippen LogP contribution is -2.19. The lowest BCUT2D eigenvalue weighted by atomic mass is 10.1. The van der Waals surface area contributed by atoms with Crippen LogP contribution in [0.3, 0.4) is 0 Å². The Balaban J connectivity index is 1.74. The monoisotopic (exact) mass is 357 g/mol. The van der Waals surface area contributed by atoms with Crippen molar-refractivity contribution in [1.82, 2.24) is 9.97 Å². The highest BCUT2D eigenvalue weighted by molar-refractivity contribution is 6.30. The highest BCUT2D eigenvalue weighted by Crippen LogP contribution is 2.14. The van der Waals surface area contributed by atoms with Gasteiger partial charge in [0.15, 0.2) is 0 Å². The summed E-state index contributed by atoms with van der Waals surface area (Å²) in [6.07, 6.45) is 0.490. The van der Waals surface area contributed by atoms with E-state index in [1.807, 2.05) is 19.1 Å². The lowest BCUT2D eigenvalue weighted by Gasteiger charge is -2.09. The Morgan fingerprint density at radius 2 is 1.72 bits per heavy atom. The molecule has 3 rings (SSSR count). The molecule has 0 aliphatic rings. The van der Waals surface area contributed by atoms with Gasteiger partial charge in [0.1, 0.15) is 5.82 Å². The summed E-state index contributed by atoms with van der Waals surface area (Å²) in [5.41, 5.74) is 3.00. The SMILES string of the molecule is Cc1nc(NCc2ccc(F)cc2)[nH]c(=O)c1Cc1ccc(Cl)cc1. The van der Waals surface area contributed by atoms with Gasteiger partial charge in [-0.15, -0.1) is 0 Å². The number of halogens is 2. The van der Waals surface area contributed by atoms with Gasteiger partial charge in [0, 0.05) is 23.6 Å². The maximum atomic E-state index is 12.9. The Hall–Kier alpha value is -2.66. The van der Waals surface area contributed by atoms with Crippen LogP contribution in [-0.4, -0.2) is 9.97 Å². The first-order valence-corrected chi connectivity index (χ1v) is 8.21. The molecule has 0 saturated heterocycles. The van der Waals surface area contributed by atoms with Crippen molar-refractivity contribution in [3.63, 3.8) is 0 Å². The molecule has 128 valence electrons. The topological polar surface area (TPSA) is 57.8 Å². The molecule has 0 fully saturated rings. The molecule has 4 nitrogen and oxygen atoms in total. The number of hydrogen-bond donors (Lipinski definition) is 2. The van der Waals surface area contributed by atoms with Crippen LogP contribution >= 0.6 is 11.6 Å². The highest BCUT2D eigenvalue weighted by atomic mass is 35.5. The number of hydrogen-bond acceptors (Lipinski definition) is 3. The van der Waals surface area contributed by atoms with E-state index < -0.39 is 0 Å². The molecule has 0 bridgehead atoms. The largest absolute Gasteiger partial charge is 0.352 e. The van der Waals surface area contributed by atoms with Gasteiger partial charge < -0.3 is 5.32 Å². The minimum Gasteiger partial charge on any atom is -0.352 e. The smallest absolute Gasteiger partial charge is 0.256 e. The maximum Gasteiger partial charge on any atom is 0.256 e. The lowest BCUT2D eigenvalue weighted by molar-refractivity contribution is 0.627. The van der Waals surface area contributed by atoms with Gasteiger partial charge in [-0.3, -0.25) is 9.78 Å². The molecule has 0 saturated carbocycles. The van der Waals surface area contributed by atoms with Crippen LogP contribution in [0.2, 0.25) is 5.02 Å². The summed E-state index contributed by atoms with van der Waals surface area (Å²) in [5.74, 6) is 0.115. The number of anilines is 1. The molecule has 0 atom stereocenters. The van der Waals surface area contributed by atoms with Gasteiger partial charge in [0.25, 0.3) is 5.56 Å². The number of rotatable bonds is 5. The van der Waals surface area contributed by atoms with Crippen LogP contribution in [0.5, 0.6) is 0 Å². The normalized spacial score (nSPS) is 10.7. The molecule has 0 aliphatic heterocycles. The summed E-state index contributed by atoms with van der Waals surface area (Å²) in [5, 5.41) is 3.71. The molecule has 2 N–H and O–H groups in total. The quantitative estimate of drug-likeness (QED) is 0.723. The van der Waals surface area contributed by atoms with E-state index in [9.17, 15) is 9.18 Å². The first-order chi connectivity index (χ1) is 12.0. The predicted octanol–water partition coefficient (Wildman–Crippen LogP) is 4.07. The molecule has 25 heavy (non-hydrogen) atoms. The molecule has 6 heteroatoms. The maximum absolute atomic E-state index is 12.9. The Morgan fingerprint density at radius 1 is 1.08 bits per heavy atom. The van der Waals surface area contributed by atoms with Crippen molar-refractivity contribution < 1.29 is 4.39 Å². The summed E-state index contributed by atoms with van der Waals surface area (Å²) < 4.78 is 12.9. The third-order valence-electron chi connectivity index (χ3n) is 3.89. The van der Waals surface area contributed by atoms with Gasteiger partial charge >= 0.3 is 0 Å². The molecule has 1 heterocycles. The van der Waals surface area contributed by atoms with E-state index in [4.69, 9.17) is 11.6 Å². The Morgan fingerprint density at radius 3 is 2.36 bits per heavy atom. The van der Waals surface area contributed by atoms with E-state index in [0.717, 1.165) is 11.1 Å². The van der Waals surface area contributed by atoms with E-state index in [2.05, 4.69) is 15.3 Å². The van der Waals surface area contributed by atoms with E-state index in [1.165, 1.54) is 12.1 Å². The van der Waals surface area contributed by atoms with Gasteiger partial charge in [-0.1, -0.05) is 35.9 Å². The van der Waals surface area contributed by atoms with Crippen LogP contribution in [0, 0.1) is 12.7 Å². The third-order valence-corrected chi connectivity index (χ3v) is 4.14. The third kappa shape index (κ3) is 4.45. The van der Waals surface area contributed by atoms with Crippen LogP contribution < -0.4 is 10.9 Å². The molecule has 0 radical (unpaired) electrons. The Bertz CT molecular complexity index is 921. The summed E-state index contributed by atoms with van der Waals surface area (Å²) >= 11 is 5.88. The van der Waals surface area contributed by atoms with Gasteiger partial charge in [-0.2, -0.15) is 0 Å². The second kappa shape index (κ2) is 7.49. The second-order valence-corrected chi connectivity index (χ2v) is 6.20. The van der Waals surface area contributed by atoms with Gasteiger partial charge in [0.05, 0.1) is 5.69 Å². The van der Waals surface area contributed by atoms with Crippen LogP contribution in [0.4, 0.5) is 10.3 Å². The van der Waals surface area contributed by atoms with E-state index >= 15 is 0 Å². The molecule has 2 aromatic carbocycles. The van der Waals surface area contributed by atoms with Crippen molar-refractivity contribution in [1.29, 1.82) is 0 Å². The summed E-state index contributed by atoms with van der Waals surface area (Å²) in [4.78, 5) is 19.5. The number of H-pyrrole nitrogens is 1. The number of aromatic nitrogens is 2. The standard InChI is InChI=1S/C19H17ClFN3O/c1-12-17(10-13-2-6-15(20)7-3-13)18(25)24-19(23-12)22-11-14-4-8-16(21)9-5-14/h2-9H,10-11H2,1H3,(H2,22,23,24,25). The van der Waals surface area contributed by atoms with Crippen molar-refractivity contribution >= 4 is 17.5 Å². The summed E-state index contributed by atoms with van der Waals surface area (Å²) in [7, 11) is 0. The fraction of sp³-hybridized carbons (Fsp3) is 0.158. The Labute approximate surface area is 149 Å². The highest BCUT2D eigenvalue weighted by Gasteiger charge is 2.09. The minimum absolute atomic E-state index is 0.177. The van der Waals surface area contributed by atoms with Crippen LogP contribution in [-0.2, 0) is 13.0 Å². The first kappa shape index (κ1) is 17.2. The zero-order valence-corrected chi connectivity index (χ0v) is 14.4. The molecular formula is C19H17ClFN3O. The Kier molecular flexibility index (Phi) is 5.14. The number of nitrogens with one attached hydrogen (secondary N) is 2. The van der Waals surface area contributed by atoms with Gasteiger partial charge in [0.2, 0.25) is 5.95 Å². The number of aromatic amines is 1. The molecule has 0 spiro atoms. The first-order valence-electron chi connectivity index (χ1n) is 7.84. The van der Waals surface area contributed by atoms with E-state index in [-0.39, 0.29) is 11.4 Å². The zero-order valence-electron chi connectivity index (χ0n) is 13.6. The van der Waals surface area contributed by atoms with Gasteiger partial charge in [-0.25, -0.2) is 9.37 Å². The molecule has 0 aliphatic carbocycles. The fourth-order valence-electron chi connectivity index (χ4n) is 2.50. The van der Waals surface area contributed by atoms with Crippen molar-refractivity contribution in [3.05, 3.63) is 92.1 Å². The number of benzene rings is 2. The van der Waals surface area contributed by atoms with Crippen molar-refractivity contribution in [2.24, 2.45) is 0 Å². The predicted molar refractivity (Wildman–Crippen MR) is 97.6 cm³/mol. The molecule has 1 aromatic heterocycles. The average molecular weight is 358 g/mol. The zero-order chi connectivity index (χ0) is 17.8. The van der Waals surface area contributed by atoms with Crippen LogP contribution in [0.25, 0.3) is 0 Å². The van der Waals surface area contributed by atoms with E-state index in [1.54, 1.807) is 24.3 Å². The number of aryl methyl sites for hydroxylation is 1. The molecule has 3 aromatic rings. The van der Waals surface area contributed by atoms with E-state index in [0.29, 0.717) is 35.2 Å². The summed E-state index contributed by atoms with van der Waals surface area (Å²) in [6.45, 7) is 2.25. The molecule has 0 unspecified atom stereocenters. The van der Waals surface area contributed by atoms with Gasteiger partial charge in [-0.05, 0) is 42.3 Å². The average Bonchev–Trinajstić information content (AvgIpc) is 2.59. The van der Waals surface area contributed by atoms with Crippen molar-refractivity contribution in [3.8, 4) is 0 Å². The second-order valence-electron chi connectivity index (χ2n) is 5.76. The fourth-order valence-corrected chi connectivity index (χ4v) is 2.62.